The van der Waals surface area contributed by atoms with E-state index in [1.807, 2.05) is 6.08 Å². The maximum Gasteiger partial charge on any atom is 0.120 e. The fourth-order valence-electron chi connectivity index (χ4n) is 1.33. The second kappa shape index (κ2) is 6.94. The highest BCUT2D eigenvalue weighted by Crippen LogP contribution is 2.24. The Kier molecular flexibility index (Phi) is 5.88. The second-order valence-corrected chi connectivity index (χ2v) is 5.01. The normalized spacial score (nSPS) is 10.5. The summed E-state index contributed by atoms with van der Waals surface area (Å²) >= 11 is 2.31. The predicted octanol–water partition coefficient (Wildman–Crippen LogP) is 4.60. The van der Waals surface area contributed by atoms with Gasteiger partial charge in [-0.2, -0.15) is 0 Å². The molecular weight excluding hydrogens is 311 g/mol. The molecule has 0 saturated carbocycles. The molecular formula is C14H18IO. The number of hydrogen-bond acceptors (Lipinski definition) is 1. The third-order valence-electron chi connectivity index (χ3n) is 2.40. The van der Waals surface area contributed by atoms with Crippen LogP contribution in [0.1, 0.15) is 32.3 Å². The molecule has 0 aliphatic heterocycles. The van der Waals surface area contributed by atoms with Gasteiger partial charge in [0.2, 0.25) is 0 Å². The standard InChI is InChI=1S/C14H18IO/c1-4-6-7-16-14-9-12(11(3)5-2)8-13(15)10-14/h5,8-10H,2,4,6-7H2,1,3H3. The van der Waals surface area contributed by atoms with Crippen molar-refractivity contribution in [2.45, 2.75) is 26.7 Å². The molecule has 0 spiro atoms. The van der Waals surface area contributed by atoms with Gasteiger partial charge < -0.3 is 4.74 Å². The Labute approximate surface area is 112 Å². The molecule has 0 N–H and O–H groups in total. The van der Waals surface area contributed by atoms with Gasteiger partial charge in [0.1, 0.15) is 5.75 Å². The largest absolute Gasteiger partial charge is 0.494 e. The van der Waals surface area contributed by atoms with Crippen LogP contribution in [0.5, 0.6) is 5.75 Å². The lowest BCUT2D eigenvalue weighted by molar-refractivity contribution is 0.309. The van der Waals surface area contributed by atoms with E-state index in [2.05, 4.69) is 61.2 Å². The van der Waals surface area contributed by atoms with Gasteiger partial charge in [-0.05, 0) is 52.8 Å². The second-order valence-electron chi connectivity index (χ2n) is 3.76. The number of hydrogen-bond donors (Lipinski definition) is 0. The monoisotopic (exact) mass is 329 g/mol. The Hall–Kier alpha value is -0.510. The molecule has 0 aliphatic rings. The SMILES string of the molecule is C=C[C](C)c1cc(I)cc(OCCCC)c1. The molecule has 2 heteroatoms. The minimum atomic E-state index is 0.795. The first-order valence-electron chi connectivity index (χ1n) is 5.57. The average Bonchev–Trinajstić information content (AvgIpc) is 2.27. The molecule has 0 aliphatic carbocycles. The third kappa shape index (κ3) is 4.16. The molecule has 1 nitrogen and oxygen atoms in total. The van der Waals surface area contributed by atoms with Crippen LogP contribution in [-0.4, -0.2) is 6.61 Å². The van der Waals surface area contributed by atoms with Crippen LogP contribution in [-0.2, 0) is 0 Å². The topological polar surface area (TPSA) is 9.23 Å². The van der Waals surface area contributed by atoms with E-state index in [9.17, 15) is 0 Å². The average molecular weight is 329 g/mol. The summed E-state index contributed by atoms with van der Waals surface area (Å²) in [5.74, 6) is 2.13. The number of benzene rings is 1. The molecule has 0 saturated heterocycles. The minimum absolute atomic E-state index is 0.795. The van der Waals surface area contributed by atoms with Crippen LogP contribution in [0.3, 0.4) is 0 Å². The number of unbranched alkanes of at least 4 members (excludes halogenated alkanes) is 1. The molecule has 0 aromatic heterocycles. The van der Waals surface area contributed by atoms with E-state index in [1.54, 1.807) is 0 Å². The summed E-state index contributed by atoms with van der Waals surface area (Å²) < 4.78 is 6.91. The van der Waals surface area contributed by atoms with Gasteiger partial charge in [-0.15, -0.1) is 6.58 Å². The van der Waals surface area contributed by atoms with E-state index in [4.69, 9.17) is 4.74 Å². The maximum absolute atomic E-state index is 5.71. The van der Waals surface area contributed by atoms with Gasteiger partial charge in [-0.1, -0.05) is 26.3 Å². The lowest BCUT2D eigenvalue weighted by Crippen LogP contribution is -1.99. The van der Waals surface area contributed by atoms with E-state index in [-0.39, 0.29) is 0 Å². The van der Waals surface area contributed by atoms with Gasteiger partial charge >= 0.3 is 0 Å². The van der Waals surface area contributed by atoms with Crippen molar-refractivity contribution in [3.05, 3.63) is 45.9 Å². The third-order valence-corrected chi connectivity index (χ3v) is 3.02. The van der Waals surface area contributed by atoms with Crippen molar-refractivity contribution in [3.8, 4) is 5.75 Å². The van der Waals surface area contributed by atoms with Crippen LogP contribution in [0.2, 0.25) is 0 Å². The first-order chi connectivity index (χ1) is 7.67. The van der Waals surface area contributed by atoms with Crippen LogP contribution in [0.15, 0.2) is 30.9 Å². The van der Waals surface area contributed by atoms with Gasteiger partial charge in [-0.25, -0.2) is 0 Å². The van der Waals surface area contributed by atoms with E-state index in [1.165, 1.54) is 15.1 Å². The summed E-state index contributed by atoms with van der Waals surface area (Å²) in [6.07, 6.45) is 4.14. The van der Waals surface area contributed by atoms with Crippen molar-refractivity contribution in [1.29, 1.82) is 0 Å². The first kappa shape index (κ1) is 13.6. The zero-order chi connectivity index (χ0) is 12.0. The minimum Gasteiger partial charge on any atom is -0.494 e. The molecule has 0 heterocycles. The smallest absolute Gasteiger partial charge is 0.120 e. The summed E-state index contributed by atoms with van der Waals surface area (Å²) in [4.78, 5) is 0. The first-order valence-corrected chi connectivity index (χ1v) is 6.65. The Morgan fingerprint density at radius 2 is 2.19 bits per heavy atom. The molecule has 1 aromatic rings. The van der Waals surface area contributed by atoms with Gasteiger partial charge in [0.05, 0.1) is 6.61 Å². The van der Waals surface area contributed by atoms with E-state index >= 15 is 0 Å². The van der Waals surface area contributed by atoms with Crippen molar-refractivity contribution in [3.63, 3.8) is 0 Å². The van der Waals surface area contributed by atoms with Gasteiger partial charge in [-0.3, -0.25) is 0 Å². The van der Waals surface area contributed by atoms with Crippen molar-refractivity contribution < 1.29 is 4.74 Å². The molecule has 1 radical (unpaired) electrons. The lowest BCUT2D eigenvalue weighted by Gasteiger charge is -2.11. The van der Waals surface area contributed by atoms with Crippen LogP contribution in [0.25, 0.3) is 0 Å². The highest BCUT2D eigenvalue weighted by Gasteiger charge is 2.05. The van der Waals surface area contributed by atoms with Gasteiger partial charge in [0, 0.05) is 9.49 Å². The Balaban J connectivity index is 2.77. The summed E-state index contributed by atoms with van der Waals surface area (Å²) in [7, 11) is 0. The quantitative estimate of drug-likeness (QED) is 0.547. The molecule has 0 bridgehead atoms. The Morgan fingerprint density at radius 1 is 1.44 bits per heavy atom. The zero-order valence-corrected chi connectivity index (χ0v) is 12.1. The van der Waals surface area contributed by atoms with Crippen LogP contribution < -0.4 is 4.74 Å². The maximum atomic E-state index is 5.71. The molecule has 1 rings (SSSR count). The molecule has 0 unspecified atom stereocenters. The van der Waals surface area contributed by atoms with E-state index in [0.29, 0.717) is 0 Å². The van der Waals surface area contributed by atoms with Gasteiger partial charge in [0.25, 0.3) is 0 Å². The highest BCUT2D eigenvalue weighted by atomic mass is 127. The fourth-order valence-corrected chi connectivity index (χ4v) is 1.97. The van der Waals surface area contributed by atoms with Crippen LogP contribution >= 0.6 is 22.6 Å². The lowest BCUT2D eigenvalue weighted by atomic mass is 10.0. The van der Waals surface area contributed by atoms with E-state index in [0.717, 1.165) is 25.2 Å². The van der Waals surface area contributed by atoms with Crippen LogP contribution in [0, 0.1) is 9.49 Å². The molecule has 87 valence electrons. The van der Waals surface area contributed by atoms with Crippen LogP contribution in [0.4, 0.5) is 0 Å². The number of allylic oxidation sites excluding steroid dienone is 1. The Bertz CT molecular complexity index is 347. The number of ether oxygens (including phenoxy) is 1. The molecule has 1 aromatic carbocycles. The molecule has 0 fully saturated rings. The number of rotatable bonds is 6. The molecule has 0 amide bonds. The summed E-state index contributed by atoms with van der Waals surface area (Å²) in [6, 6.07) is 6.29. The van der Waals surface area contributed by atoms with E-state index < -0.39 is 0 Å². The van der Waals surface area contributed by atoms with Crippen molar-refractivity contribution in [2.24, 2.45) is 0 Å². The van der Waals surface area contributed by atoms with Crippen molar-refractivity contribution >= 4 is 22.6 Å². The van der Waals surface area contributed by atoms with Gasteiger partial charge in [0.15, 0.2) is 0 Å². The fraction of sp³-hybridized carbons (Fsp3) is 0.357. The summed E-state index contributed by atoms with van der Waals surface area (Å²) in [6.45, 7) is 8.82. The summed E-state index contributed by atoms with van der Waals surface area (Å²) in [5.41, 5.74) is 1.19. The predicted molar refractivity (Wildman–Crippen MR) is 77.8 cm³/mol. The summed E-state index contributed by atoms with van der Waals surface area (Å²) in [5, 5.41) is 0. The Morgan fingerprint density at radius 3 is 2.81 bits per heavy atom. The molecule has 0 atom stereocenters. The van der Waals surface area contributed by atoms with Crippen molar-refractivity contribution in [2.75, 3.05) is 6.61 Å². The zero-order valence-electron chi connectivity index (χ0n) is 9.92. The highest BCUT2D eigenvalue weighted by molar-refractivity contribution is 14.1. The number of halogens is 1. The molecule has 16 heavy (non-hydrogen) atoms. The van der Waals surface area contributed by atoms with Crippen molar-refractivity contribution in [1.82, 2.24) is 0 Å².